The molecule has 1 aliphatic rings. The van der Waals surface area contributed by atoms with E-state index < -0.39 is 10.7 Å². The number of aryl methyl sites for hydroxylation is 1. The van der Waals surface area contributed by atoms with Gasteiger partial charge in [0, 0.05) is 13.2 Å². The van der Waals surface area contributed by atoms with Crippen LogP contribution in [0.5, 0.6) is 0 Å². The summed E-state index contributed by atoms with van der Waals surface area (Å²) in [6, 6.07) is 2.44. The Morgan fingerprint density at radius 1 is 1.58 bits per heavy atom. The number of hydrogen-bond donors (Lipinski definition) is 1. The van der Waals surface area contributed by atoms with Crippen LogP contribution in [0.3, 0.4) is 0 Å². The fraction of sp³-hybridized carbons (Fsp3) is 0.538. The molecule has 1 aromatic carbocycles. The molecule has 5 nitrogen and oxygen atoms in total. The summed E-state index contributed by atoms with van der Waals surface area (Å²) in [4.78, 5) is 10.3. The smallest absolute Gasteiger partial charge is 0.295 e. The molecule has 0 saturated carbocycles. The lowest BCUT2D eigenvalue weighted by molar-refractivity contribution is -0.384. The molecule has 2 rings (SSSR count). The van der Waals surface area contributed by atoms with Crippen LogP contribution in [0.1, 0.15) is 24.8 Å². The summed E-state index contributed by atoms with van der Waals surface area (Å²) in [6.45, 7) is 2.96. The van der Waals surface area contributed by atoms with Gasteiger partial charge in [0.05, 0.1) is 17.1 Å². The maximum atomic E-state index is 13.3. The average molecular weight is 268 g/mol. The molecule has 1 N–H and O–H groups in total. The van der Waals surface area contributed by atoms with Crippen LogP contribution >= 0.6 is 0 Å². The van der Waals surface area contributed by atoms with Crippen molar-refractivity contribution >= 4 is 11.4 Å². The number of benzene rings is 1. The number of anilines is 1. The van der Waals surface area contributed by atoms with Gasteiger partial charge in [-0.1, -0.05) is 0 Å². The third kappa shape index (κ3) is 3.41. The molecule has 0 radical (unpaired) electrons. The summed E-state index contributed by atoms with van der Waals surface area (Å²) < 4.78 is 18.8. The molecule has 104 valence electrons. The van der Waals surface area contributed by atoms with E-state index in [-0.39, 0.29) is 11.8 Å². The van der Waals surface area contributed by atoms with E-state index in [0.29, 0.717) is 17.8 Å². The van der Waals surface area contributed by atoms with Gasteiger partial charge >= 0.3 is 0 Å². The third-order valence-corrected chi connectivity index (χ3v) is 3.28. The van der Waals surface area contributed by atoms with E-state index in [1.54, 1.807) is 6.92 Å². The van der Waals surface area contributed by atoms with Crippen LogP contribution in [0, 0.1) is 22.9 Å². The molecule has 1 aromatic rings. The molecule has 0 aliphatic carbocycles. The molecule has 1 aliphatic heterocycles. The third-order valence-electron chi connectivity index (χ3n) is 3.28. The minimum atomic E-state index is -0.572. The monoisotopic (exact) mass is 268 g/mol. The number of nitrogens with one attached hydrogen (secondary N) is 1. The summed E-state index contributed by atoms with van der Waals surface area (Å²) in [7, 11) is 0. The number of hydrogen-bond acceptors (Lipinski definition) is 4. The summed E-state index contributed by atoms with van der Waals surface area (Å²) in [5.41, 5.74) is 0.530. The zero-order valence-electron chi connectivity index (χ0n) is 10.8. The van der Waals surface area contributed by atoms with Crippen molar-refractivity contribution in [2.24, 2.45) is 0 Å². The maximum Gasteiger partial charge on any atom is 0.295 e. The van der Waals surface area contributed by atoms with Crippen molar-refractivity contribution < 1.29 is 14.1 Å². The Kier molecular flexibility index (Phi) is 4.31. The largest absolute Gasteiger partial charge is 0.379 e. The predicted molar refractivity (Wildman–Crippen MR) is 69.9 cm³/mol. The first-order valence-electron chi connectivity index (χ1n) is 6.38. The number of nitrogens with zero attached hydrogens (tertiary/aromatic N) is 1. The SMILES string of the molecule is Cc1cc(NCCC2CCCO2)c([N+](=O)[O-])cc1F. The molecule has 0 amide bonds. The van der Waals surface area contributed by atoms with Gasteiger partial charge in [0.2, 0.25) is 0 Å². The number of nitro benzene ring substituents is 1. The molecular formula is C13H17FN2O3. The Balaban J connectivity index is 2.01. The van der Waals surface area contributed by atoms with Gasteiger partial charge in [-0.3, -0.25) is 10.1 Å². The second kappa shape index (κ2) is 5.97. The van der Waals surface area contributed by atoms with Crippen LogP contribution in [0.15, 0.2) is 12.1 Å². The lowest BCUT2D eigenvalue weighted by Crippen LogP contribution is -2.13. The van der Waals surface area contributed by atoms with Crippen molar-refractivity contribution in [3.05, 3.63) is 33.6 Å². The zero-order chi connectivity index (χ0) is 13.8. The molecule has 6 heteroatoms. The number of halogens is 1. The van der Waals surface area contributed by atoms with E-state index >= 15 is 0 Å². The lowest BCUT2D eigenvalue weighted by atomic mass is 10.1. The van der Waals surface area contributed by atoms with Crippen LogP contribution in [-0.4, -0.2) is 24.2 Å². The van der Waals surface area contributed by atoms with E-state index in [2.05, 4.69) is 5.32 Å². The fourth-order valence-electron chi connectivity index (χ4n) is 2.20. The molecule has 0 bridgehead atoms. The predicted octanol–water partition coefficient (Wildman–Crippen LogP) is 3.02. The lowest BCUT2D eigenvalue weighted by Gasteiger charge is -2.12. The minimum absolute atomic E-state index is 0.226. The van der Waals surface area contributed by atoms with Crippen molar-refractivity contribution in [3.63, 3.8) is 0 Å². The van der Waals surface area contributed by atoms with E-state index in [4.69, 9.17) is 4.74 Å². The van der Waals surface area contributed by atoms with Crippen LogP contribution in [0.4, 0.5) is 15.8 Å². The molecular weight excluding hydrogens is 251 g/mol. The van der Waals surface area contributed by atoms with E-state index in [1.165, 1.54) is 6.07 Å². The molecule has 1 atom stereocenters. The number of nitro groups is 1. The van der Waals surface area contributed by atoms with Gasteiger partial charge in [0.1, 0.15) is 11.5 Å². The molecule has 0 spiro atoms. The summed E-state index contributed by atoms with van der Waals surface area (Å²) in [6.07, 6.45) is 3.13. The highest BCUT2D eigenvalue weighted by Crippen LogP contribution is 2.27. The molecule has 1 unspecified atom stereocenters. The van der Waals surface area contributed by atoms with Crippen LogP contribution in [-0.2, 0) is 4.74 Å². The first-order chi connectivity index (χ1) is 9.08. The zero-order valence-corrected chi connectivity index (χ0v) is 10.8. The van der Waals surface area contributed by atoms with Gasteiger partial charge in [-0.15, -0.1) is 0 Å². The van der Waals surface area contributed by atoms with Crippen molar-refractivity contribution in [2.45, 2.75) is 32.3 Å². The molecule has 19 heavy (non-hydrogen) atoms. The van der Waals surface area contributed by atoms with Crippen molar-refractivity contribution in [1.82, 2.24) is 0 Å². The first-order valence-corrected chi connectivity index (χ1v) is 6.38. The Labute approximate surface area is 110 Å². The van der Waals surface area contributed by atoms with Crippen LogP contribution in [0.2, 0.25) is 0 Å². The summed E-state index contributed by atoms with van der Waals surface area (Å²) >= 11 is 0. The van der Waals surface area contributed by atoms with E-state index in [9.17, 15) is 14.5 Å². The van der Waals surface area contributed by atoms with Crippen molar-refractivity contribution in [3.8, 4) is 0 Å². The summed E-state index contributed by atoms with van der Waals surface area (Å²) in [5, 5.41) is 13.9. The number of rotatable bonds is 5. The molecule has 1 fully saturated rings. The van der Waals surface area contributed by atoms with Gasteiger partial charge in [0.25, 0.3) is 5.69 Å². The summed E-state index contributed by atoms with van der Waals surface area (Å²) in [5.74, 6) is -0.559. The van der Waals surface area contributed by atoms with Gasteiger partial charge in [-0.05, 0) is 37.8 Å². The van der Waals surface area contributed by atoms with E-state index in [0.717, 1.165) is 31.9 Å². The van der Waals surface area contributed by atoms with Gasteiger partial charge < -0.3 is 10.1 Å². The molecule has 1 saturated heterocycles. The fourth-order valence-corrected chi connectivity index (χ4v) is 2.20. The quantitative estimate of drug-likeness (QED) is 0.658. The number of ether oxygens (including phenoxy) is 1. The Morgan fingerprint density at radius 2 is 2.37 bits per heavy atom. The van der Waals surface area contributed by atoms with Crippen molar-refractivity contribution in [2.75, 3.05) is 18.5 Å². The second-order valence-corrected chi connectivity index (χ2v) is 4.73. The standard InChI is InChI=1S/C13H17FN2O3/c1-9-7-12(13(16(17)18)8-11(9)14)15-5-4-10-3-2-6-19-10/h7-8,10,15H,2-6H2,1H3. The molecule has 0 aromatic heterocycles. The van der Waals surface area contributed by atoms with Crippen LogP contribution in [0.25, 0.3) is 0 Å². The highest BCUT2D eigenvalue weighted by Gasteiger charge is 2.18. The topological polar surface area (TPSA) is 64.4 Å². The van der Waals surface area contributed by atoms with Gasteiger partial charge in [-0.2, -0.15) is 0 Å². The van der Waals surface area contributed by atoms with Gasteiger partial charge in [-0.25, -0.2) is 4.39 Å². The Morgan fingerprint density at radius 3 is 3.00 bits per heavy atom. The van der Waals surface area contributed by atoms with E-state index in [1.807, 2.05) is 0 Å². The normalized spacial score (nSPS) is 18.5. The minimum Gasteiger partial charge on any atom is -0.379 e. The highest BCUT2D eigenvalue weighted by molar-refractivity contribution is 5.63. The molecule has 1 heterocycles. The average Bonchev–Trinajstić information content (AvgIpc) is 2.86. The van der Waals surface area contributed by atoms with Crippen molar-refractivity contribution in [1.29, 1.82) is 0 Å². The van der Waals surface area contributed by atoms with Gasteiger partial charge in [0.15, 0.2) is 0 Å². The maximum absolute atomic E-state index is 13.3. The Hall–Kier alpha value is -1.69. The first kappa shape index (κ1) is 13.7. The second-order valence-electron chi connectivity index (χ2n) is 4.73. The van der Waals surface area contributed by atoms with Crippen LogP contribution < -0.4 is 5.32 Å². The Bertz CT molecular complexity index is 473. The highest BCUT2D eigenvalue weighted by atomic mass is 19.1.